The van der Waals surface area contributed by atoms with E-state index in [0.717, 1.165) is 34.7 Å². The minimum Gasteiger partial charge on any atom is -0.264 e. The van der Waals surface area contributed by atoms with Gasteiger partial charge in [-0.25, -0.2) is 13.1 Å². The summed E-state index contributed by atoms with van der Waals surface area (Å²) in [6.07, 6.45) is -1.30. The Morgan fingerprint density at radius 2 is 1.81 bits per heavy atom. The van der Waals surface area contributed by atoms with Crippen molar-refractivity contribution >= 4 is 21.4 Å². The maximum Gasteiger partial charge on any atom is 0.416 e. The molecule has 4 nitrogen and oxygen atoms in total. The first kappa shape index (κ1) is 18.6. The number of nitrogens with zero attached hydrogens (tertiary/aromatic N) is 1. The van der Waals surface area contributed by atoms with Crippen LogP contribution in [0, 0.1) is 0 Å². The van der Waals surface area contributed by atoms with Gasteiger partial charge in [0.2, 0.25) is 10.0 Å². The van der Waals surface area contributed by atoms with Crippen molar-refractivity contribution in [1.29, 1.82) is 0 Å². The van der Waals surface area contributed by atoms with Gasteiger partial charge in [-0.15, -0.1) is 11.3 Å². The summed E-state index contributed by atoms with van der Waals surface area (Å²) in [5, 5.41) is 1.93. The van der Waals surface area contributed by atoms with Crippen LogP contribution in [0.3, 0.4) is 0 Å². The number of aromatic nitrogens is 1. The van der Waals surface area contributed by atoms with Gasteiger partial charge in [0.05, 0.1) is 10.5 Å². The first-order valence-corrected chi connectivity index (χ1v) is 9.77. The van der Waals surface area contributed by atoms with Gasteiger partial charge in [-0.2, -0.15) is 13.2 Å². The van der Waals surface area contributed by atoms with Crippen LogP contribution in [-0.2, 0) is 22.7 Å². The molecule has 0 amide bonds. The van der Waals surface area contributed by atoms with E-state index >= 15 is 0 Å². The smallest absolute Gasteiger partial charge is 0.264 e. The summed E-state index contributed by atoms with van der Waals surface area (Å²) >= 11 is 1.54. The Bertz CT molecular complexity index is 984. The first-order valence-electron chi connectivity index (χ1n) is 7.40. The maximum absolute atomic E-state index is 12.6. The lowest BCUT2D eigenvalue weighted by Gasteiger charge is -2.10. The predicted octanol–water partition coefficient (Wildman–Crippen LogP) is 4.31. The molecule has 0 spiro atoms. The van der Waals surface area contributed by atoms with Crippen molar-refractivity contribution in [1.82, 2.24) is 9.71 Å². The van der Waals surface area contributed by atoms with Crippen molar-refractivity contribution in [3.05, 3.63) is 71.4 Å². The van der Waals surface area contributed by atoms with Gasteiger partial charge in [0.1, 0.15) is 0 Å². The zero-order chi connectivity index (χ0) is 18.8. The van der Waals surface area contributed by atoms with E-state index in [4.69, 9.17) is 0 Å². The van der Waals surface area contributed by atoms with Crippen molar-refractivity contribution in [3.63, 3.8) is 0 Å². The fourth-order valence-corrected chi connectivity index (χ4v) is 3.97. The molecule has 1 aromatic carbocycles. The van der Waals surface area contributed by atoms with E-state index < -0.39 is 21.8 Å². The average Bonchev–Trinajstić information content (AvgIpc) is 3.14. The molecular formula is C17H13F3N2O2S2. The van der Waals surface area contributed by atoms with Crippen LogP contribution in [0.25, 0.3) is 10.4 Å². The Labute approximate surface area is 152 Å². The zero-order valence-corrected chi connectivity index (χ0v) is 14.8. The Morgan fingerprint density at radius 3 is 2.42 bits per heavy atom. The van der Waals surface area contributed by atoms with Crippen LogP contribution >= 0.6 is 11.3 Å². The van der Waals surface area contributed by atoms with Gasteiger partial charge in [0.25, 0.3) is 0 Å². The molecule has 0 atom stereocenters. The normalized spacial score (nSPS) is 12.3. The number of benzene rings is 1. The molecule has 26 heavy (non-hydrogen) atoms. The van der Waals surface area contributed by atoms with E-state index in [1.54, 1.807) is 6.20 Å². The standard InChI is InChI=1S/C17H13F3N2O2S2/c18-17(19,20)14-3-5-15(6-4-14)26(23,24)22-10-12-8-13(11-21-9-12)16-2-1-7-25-16/h1-9,11,22H,10H2. The molecule has 3 rings (SSSR count). The van der Waals surface area contributed by atoms with Gasteiger partial charge < -0.3 is 0 Å². The summed E-state index contributed by atoms with van der Waals surface area (Å²) < 4.78 is 64.6. The van der Waals surface area contributed by atoms with Crippen molar-refractivity contribution in [3.8, 4) is 10.4 Å². The van der Waals surface area contributed by atoms with E-state index in [1.807, 2.05) is 23.6 Å². The number of halogens is 3. The molecule has 0 saturated heterocycles. The molecule has 0 bridgehead atoms. The molecule has 0 aliphatic heterocycles. The highest BCUT2D eigenvalue weighted by Crippen LogP contribution is 2.29. The number of hydrogen-bond donors (Lipinski definition) is 1. The molecule has 0 aliphatic carbocycles. The maximum atomic E-state index is 12.6. The minimum atomic E-state index is -4.51. The van der Waals surface area contributed by atoms with Crippen LogP contribution < -0.4 is 4.72 Å². The molecule has 0 saturated carbocycles. The van der Waals surface area contributed by atoms with Crippen LogP contribution in [0.1, 0.15) is 11.1 Å². The summed E-state index contributed by atoms with van der Waals surface area (Å²) in [5.41, 5.74) is 0.613. The molecule has 0 radical (unpaired) electrons. The molecule has 0 fully saturated rings. The fraction of sp³-hybridized carbons (Fsp3) is 0.118. The molecule has 3 aromatic rings. The van der Waals surface area contributed by atoms with Gasteiger partial charge in [0.15, 0.2) is 0 Å². The third kappa shape index (κ3) is 4.29. The van der Waals surface area contributed by atoms with Crippen molar-refractivity contribution < 1.29 is 21.6 Å². The Balaban J connectivity index is 1.73. The van der Waals surface area contributed by atoms with E-state index in [1.165, 1.54) is 17.5 Å². The zero-order valence-electron chi connectivity index (χ0n) is 13.2. The topological polar surface area (TPSA) is 59.1 Å². The third-order valence-corrected chi connectivity index (χ3v) is 5.89. The summed E-state index contributed by atoms with van der Waals surface area (Å²) in [6.45, 7) is -0.0183. The number of pyridine rings is 1. The first-order chi connectivity index (χ1) is 12.3. The van der Waals surface area contributed by atoms with Gasteiger partial charge in [0, 0.05) is 29.4 Å². The van der Waals surface area contributed by atoms with Crippen molar-refractivity contribution in [2.24, 2.45) is 0 Å². The fourth-order valence-electron chi connectivity index (χ4n) is 2.25. The molecule has 2 heterocycles. The SMILES string of the molecule is O=S(=O)(NCc1cncc(-c2cccs2)c1)c1ccc(C(F)(F)F)cc1. The number of thiophene rings is 1. The highest BCUT2D eigenvalue weighted by molar-refractivity contribution is 7.89. The monoisotopic (exact) mass is 398 g/mol. The second kappa shape index (κ2) is 7.18. The lowest BCUT2D eigenvalue weighted by molar-refractivity contribution is -0.137. The lowest BCUT2D eigenvalue weighted by atomic mass is 10.2. The molecule has 136 valence electrons. The summed E-state index contributed by atoms with van der Waals surface area (Å²) in [4.78, 5) is 4.88. The van der Waals surface area contributed by atoms with Gasteiger partial charge in [-0.05, 0) is 47.3 Å². The van der Waals surface area contributed by atoms with Gasteiger partial charge >= 0.3 is 6.18 Å². The van der Waals surface area contributed by atoms with Crippen LogP contribution in [-0.4, -0.2) is 13.4 Å². The van der Waals surface area contributed by atoms with Crippen molar-refractivity contribution in [2.75, 3.05) is 0 Å². The van der Waals surface area contributed by atoms with Gasteiger partial charge in [-0.3, -0.25) is 4.98 Å². The molecule has 1 N–H and O–H groups in total. The van der Waals surface area contributed by atoms with Crippen LogP contribution in [0.15, 0.2) is 65.1 Å². The van der Waals surface area contributed by atoms with E-state index in [2.05, 4.69) is 9.71 Å². The largest absolute Gasteiger partial charge is 0.416 e. The number of hydrogen-bond acceptors (Lipinski definition) is 4. The highest BCUT2D eigenvalue weighted by atomic mass is 32.2. The third-order valence-electron chi connectivity index (χ3n) is 3.56. The number of nitrogens with one attached hydrogen (secondary N) is 1. The minimum absolute atomic E-state index is 0.0183. The number of alkyl halides is 3. The molecule has 0 unspecified atom stereocenters. The van der Waals surface area contributed by atoms with Crippen LogP contribution in [0.4, 0.5) is 13.2 Å². The molecular weight excluding hydrogens is 385 g/mol. The van der Waals surface area contributed by atoms with E-state index in [-0.39, 0.29) is 11.4 Å². The van der Waals surface area contributed by atoms with Gasteiger partial charge in [-0.1, -0.05) is 6.07 Å². The highest BCUT2D eigenvalue weighted by Gasteiger charge is 2.30. The second-order valence-corrected chi connectivity index (χ2v) is 8.12. The molecule has 2 aromatic heterocycles. The molecule has 9 heteroatoms. The predicted molar refractivity (Wildman–Crippen MR) is 93.0 cm³/mol. The molecule has 0 aliphatic rings. The quantitative estimate of drug-likeness (QED) is 0.697. The summed E-state index contributed by atoms with van der Waals surface area (Å²) in [6, 6.07) is 9.00. The van der Waals surface area contributed by atoms with E-state index in [0.29, 0.717) is 5.56 Å². The van der Waals surface area contributed by atoms with E-state index in [9.17, 15) is 21.6 Å². The average molecular weight is 398 g/mol. The number of rotatable bonds is 5. The lowest BCUT2D eigenvalue weighted by Crippen LogP contribution is -2.23. The number of sulfonamides is 1. The summed E-state index contributed by atoms with van der Waals surface area (Å²) in [7, 11) is -3.93. The van der Waals surface area contributed by atoms with Crippen LogP contribution in [0.5, 0.6) is 0 Å². The van der Waals surface area contributed by atoms with Crippen LogP contribution in [0.2, 0.25) is 0 Å². The summed E-state index contributed by atoms with van der Waals surface area (Å²) in [5.74, 6) is 0. The van der Waals surface area contributed by atoms with Crippen molar-refractivity contribution in [2.45, 2.75) is 17.6 Å². The Kier molecular flexibility index (Phi) is 5.12. The Morgan fingerprint density at radius 1 is 1.08 bits per heavy atom. The second-order valence-electron chi connectivity index (χ2n) is 5.41. The Hall–Kier alpha value is -2.23.